The van der Waals surface area contributed by atoms with Gasteiger partial charge in [-0.15, -0.1) is 11.3 Å². The van der Waals surface area contributed by atoms with E-state index in [4.69, 9.17) is 15.5 Å². The summed E-state index contributed by atoms with van der Waals surface area (Å²) in [5.41, 5.74) is 7.51. The molecule has 5 nitrogen and oxygen atoms in total. The Kier molecular flexibility index (Phi) is 6.84. The molecule has 6 heteroatoms. The molecule has 1 aromatic rings. The molecule has 3 rings (SSSR count). The first-order valence-corrected chi connectivity index (χ1v) is 10.6. The summed E-state index contributed by atoms with van der Waals surface area (Å²) in [6.07, 6.45) is 9.31. The molecule has 0 bridgehead atoms. The van der Waals surface area contributed by atoms with E-state index in [1.165, 1.54) is 34.8 Å². The molecule has 0 spiro atoms. The predicted molar refractivity (Wildman–Crippen MR) is 101 cm³/mol. The van der Waals surface area contributed by atoms with Gasteiger partial charge in [-0.05, 0) is 51.4 Å². The Bertz CT molecular complexity index is 552. The van der Waals surface area contributed by atoms with Gasteiger partial charge in [0.2, 0.25) is 5.91 Å². The number of rotatable bonds is 7. The molecular formula is C19H31N3O2S. The van der Waals surface area contributed by atoms with Crippen LogP contribution in [0, 0.1) is 5.92 Å². The maximum absolute atomic E-state index is 12.4. The largest absolute Gasteiger partial charge is 0.377 e. The molecule has 3 N–H and O–H groups in total. The van der Waals surface area contributed by atoms with E-state index in [2.05, 4.69) is 12.2 Å². The fourth-order valence-electron chi connectivity index (χ4n) is 3.84. The minimum Gasteiger partial charge on any atom is -0.377 e. The van der Waals surface area contributed by atoms with Crippen LogP contribution in [0.5, 0.6) is 0 Å². The zero-order valence-corrected chi connectivity index (χ0v) is 16.1. The van der Waals surface area contributed by atoms with Crippen LogP contribution in [-0.4, -0.2) is 36.2 Å². The van der Waals surface area contributed by atoms with Crippen LogP contribution in [0.2, 0.25) is 0 Å². The molecule has 1 fully saturated rings. The minimum absolute atomic E-state index is 0.0262. The summed E-state index contributed by atoms with van der Waals surface area (Å²) >= 11 is 1.83. The van der Waals surface area contributed by atoms with Gasteiger partial charge < -0.3 is 15.8 Å². The monoisotopic (exact) mass is 365 g/mol. The molecule has 1 saturated carbocycles. The van der Waals surface area contributed by atoms with Gasteiger partial charge in [-0.1, -0.05) is 6.92 Å². The zero-order valence-electron chi connectivity index (χ0n) is 15.3. The molecule has 2 aliphatic rings. The van der Waals surface area contributed by atoms with E-state index in [-0.39, 0.29) is 24.0 Å². The lowest BCUT2D eigenvalue weighted by Gasteiger charge is -2.33. The number of aromatic nitrogens is 1. The Balaban J connectivity index is 1.40. The first-order chi connectivity index (χ1) is 12.2. The van der Waals surface area contributed by atoms with E-state index >= 15 is 0 Å². The van der Waals surface area contributed by atoms with Crippen LogP contribution in [-0.2, 0) is 28.8 Å². The van der Waals surface area contributed by atoms with Gasteiger partial charge >= 0.3 is 0 Å². The number of amides is 1. The maximum atomic E-state index is 12.4. The van der Waals surface area contributed by atoms with Crippen LogP contribution in [0.3, 0.4) is 0 Å². The van der Waals surface area contributed by atoms with Crippen molar-refractivity contribution in [3.8, 4) is 0 Å². The number of carbonyl (C=O) groups excluding carboxylic acids is 1. The lowest BCUT2D eigenvalue weighted by atomic mass is 9.83. The second-order valence-electron chi connectivity index (χ2n) is 7.31. The van der Waals surface area contributed by atoms with Crippen molar-refractivity contribution in [2.75, 3.05) is 13.2 Å². The van der Waals surface area contributed by atoms with Gasteiger partial charge in [0.05, 0.1) is 16.8 Å². The summed E-state index contributed by atoms with van der Waals surface area (Å²) in [7, 11) is 0. The highest BCUT2D eigenvalue weighted by atomic mass is 32.1. The van der Waals surface area contributed by atoms with Crippen molar-refractivity contribution in [2.24, 2.45) is 11.7 Å². The highest BCUT2D eigenvalue weighted by Crippen LogP contribution is 2.27. The molecule has 0 saturated heterocycles. The number of nitrogens with two attached hydrogens (primary N) is 1. The summed E-state index contributed by atoms with van der Waals surface area (Å²) in [6, 6.07) is -0.0262. The lowest BCUT2D eigenvalue weighted by molar-refractivity contribution is -0.127. The SMILES string of the molecule is CCCO[C@@H]1CC[C@H](C(=O)NCCc2nc3c(s2)CCCC3)C[C@H]1N. The van der Waals surface area contributed by atoms with Crippen LogP contribution < -0.4 is 11.1 Å². The molecular weight excluding hydrogens is 334 g/mol. The van der Waals surface area contributed by atoms with E-state index in [0.29, 0.717) is 6.54 Å². The van der Waals surface area contributed by atoms with Crippen molar-refractivity contribution < 1.29 is 9.53 Å². The van der Waals surface area contributed by atoms with Gasteiger partial charge in [-0.2, -0.15) is 0 Å². The Labute approximate surface area is 154 Å². The van der Waals surface area contributed by atoms with Crippen LogP contribution in [0.25, 0.3) is 0 Å². The van der Waals surface area contributed by atoms with Gasteiger partial charge in [-0.25, -0.2) is 4.98 Å². The smallest absolute Gasteiger partial charge is 0.223 e. The Hall–Kier alpha value is -0.980. The second-order valence-corrected chi connectivity index (χ2v) is 8.48. The third-order valence-electron chi connectivity index (χ3n) is 5.27. The summed E-state index contributed by atoms with van der Waals surface area (Å²) in [5.74, 6) is 0.173. The molecule has 0 unspecified atom stereocenters. The van der Waals surface area contributed by atoms with E-state index in [1.807, 2.05) is 11.3 Å². The highest BCUT2D eigenvalue weighted by Gasteiger charge is 2.32. The molecule has 3 atom stereocenters. The lowest BCUT2D eigenvalue weighted by Crippen LogP contribution is -2.46. The molecule has 1 amide bonds. The average molecular weight is 366 g/mol. The van der Waals surface area contributed by atoms with Crippen molar-refractivity contribution >= 4 is 17.2 Å². The molecule has 0 aliphatic heterocycles. The number of hydrogen-bond donors (Lipinski definition) is 2. The van der Waals surface area contributed by atoms with E-state index in [9.17, 15) is 4.79 Å². The number of nitrogens with one attached hydrogen (secondary N) is 1. The minimum atomic E-state index is -0.0262. The summed E-state index contributed by atoms with van der Waals surface area (Å²) < 4.78 is 5.79. The standard InChI is InChI=1S/C19H31N3O2S/c1-2-11-24-16-8-7-13(12-14(16)20)19(23)21-10-9-18-22-15-5-3-4-6-17(15)25-18/h13-14,16H,2-12,20H2,1H3,(H,21,23)/t13-,14+,16+/m0/s1. The quantitative estimate of drug-likeness (QED) is 0.779. The zero-order chi connectivity index (χ0) is 17.6. The number of fused-ring (bicyclic) bond motifs is 1. The van der Waals surface area contributed by atoms with Crippen LogP contribution in [0.4, 0.5) is 0 Å². The number of nitrogens with zero attached hydrogens (tertiary/aromatic N) is 1. The van der Waals surface area contributed by atoms with Crippen molar-refractivity contribution in [3.05, 3.63) is 15.6 Å². The summed E-state index contributed by atoms with van der Waals surface area (Å²) in [6.45, 7) is 3.53. The van der Waals surface area contributed by atoms with Crippen molar-refractivity contribution in [1.29, 1.82) is 0 Å². The summed E-state index contributed by atoms with van der Waals surface area (Å²) in [4.78, 5) is 18.6. The highest BCUT2D eigenvalue weighted by molar-refractivity contribution is 7.11. The first-order valence-electron chi connectivity index (χ1n) is 9.79. The van der Waals surface area contributed by atoms with Gasteiger partial charge in [-0.3, -0.25) is 4.79 Å². The number of ether oxygens (including phenoxy) is 1. The van der Waals surface area contributed by atoms with E-state index < -0.39 is 0 Å². The van der Waals surface area contributed by atoms with Crippen molar-refractivity contribution in [1.82, 2.24) is 10.3 Å². The number of hydrogen-bond acceptors (Lipinski definition) is 5. The Morgan fingerprint density at radius 2 is 2.20 bits per heavy atom. The first kappa shape index (κ1) is 18.8. The van der Waals surface area contributed by atoms with Gasteiger partial charge in [0.25, 0.3) is 0 Å². The van der Waals surface area contributed by atoms with Gasteiger partial charge in [0, 0.05) is 36.4 Å². The summed E-state index contributed by atoms with van der Waals surface area (Å²) in [5, 5.41) is 4.26. The van der Waals surface area contributed by atoms with E-state index in [1.54, 1.807) is 0 Å². The normalized spacial score (nSPS) is 26.2. The van der Waals surface area contributed by atoms with Gasteiger partial charge in [0.1, 0.15) is 0 Å². The van der Waals surface area contributed by atoms with Crippen LogP contribution in [0.15, 0.2) is 0 Å². The number of aryl methyl sites for hydroxylation is 2. The Morgan fingerprint density at radius 3 is 2.96 bits per heavy atom. The number of thiazole rings is 1. The number of carbonyl (C=O) groups is 1. The van der Waals surface area contributed by atoms with Crippen LogP contribution in [0.1, 0.15) is 61.0 Å². The molecule has 1 heterocycles. The van der Waals surface area contributed by atoms with E-state index in [0.717, 1.165) is 45.1 Å². The Morgan fingerprint density at radius 1 is 1.36 bits per heavy atom. The fourth-order valence-corrected chi connectivity index (χ4v) is 5.00. The average Bonchev–Trinajstić information content (AvgIpc) is 3.03. The topological polar surface area (TPSA) is 77.2 Å². The predicted octanol–water partition coefficient (Wildman–Crippen LogP) is 2.60. The van der Waals surface area contributed by atoms with Crippen molar-refractivity contribution in [2.45, 2.75) is 76.9 Å². The third-order valence-corrected chi connectivity index (χ3v) is 6.49. The second kappa shape index (κ2) is 9.10. The maximum Gasteiger partial charge on any atom is 0.223 e. The van der Waals surface area contributed by atoms with Gasteiger partial charge in [0.15, 0.2) is 0 Å². The molecule has 140 valence electrons. The van der Waals surface area contributed by atoms with Crippen molar-refractivity contribution in [3.63, 3.8) is 0 Å². The molecule has 0 aromatic carbocycles. The molecule has 2 aliphatic carbocycles. The third kappa shape index (κ3) is 5.02. The fraction of sp³-hybridized carbons (Fsp3) is 0.789. The molecule has 0 radical (unpaired) electrons. The molecule has 25 heavy (non-hydrogen) atoms. The molecule has 1 aromatic heterocycles. The van der Waals surface area contributed by atoms with Crippen LogP contribution >= 0.6 is 11.3 Å².